The lowest BCUT2D eigenvalue weighted by Gasteiger charge is -2.24. The second-order valence-electron chi connectivity index (χ2n) is 10.5. The monoisotopic (exact) mass is 507 g/mol. The van der Waals surface area contributed by atoms with E-state index in [1.54, 1.807) is 0 Å². The van der Waals surface area contributed by atoms with E-state index >= 15 is 0 Å². The molecule has 0 spiro atoms. The van der Waals surface area contributed by atoms with Crippen LogP contribution < -0.4 is 0 Å². The Bertz CT molecular complexity index is 449. The van der Waals surface area contributed by atoms with Crippen molar-refractivity contribution in [3.63, 3.8) is 0 Å². The number of likely N-dealkylation sites (N-methyl/N-ethyl adjacent to an activating group) is 1. The summed E-state index contributed by atoms with van der Waals surface area (Å²) in [4.78, 5) is 9.92. The number of oxime groups is 1. The lowest BCUT2D eigenvalue weighted by atomic mass is 10.0. The molecule has 0 rings (SSSR count). The Labute approximate surface area is 211 Å². The maximum absolute atomic E-state index is 9.92. The zero-order valence-corrected chi connectivity index (χ0v) is 23.7. The van der Waals surface area contributed by atoms with E-state index in [1.807, 2.05) is 0 Å². The Kier molecular flexibility index (Phi) is 24.2. The standard InChI is InChI=1S/C26H55N2O5P/c1-5-6-7-8-9-10-11-12-13-14-15-16-17-18-22-31-24-26(19-20-27-29)25-33-34(30)32-23-21-28(2,3)4/h20,26,30H,5-19,21-25H2,1-4H3/p+1/b27-20+. The van der Waals surface area contributed by atoms with Gasteiger partial charge in [-0.3, -0.25) is 0 Å². The molecule has 0 aliphatic carbocycles. The minimum atomic E-state index is -1.89. The van der Waals surface area contributed by atoms with E-state index in [0.29, 0.717) is 26.2 Å². The first-order valence-electron chi connectivity index (χ1n) is 13.7. The van der Waals surface area contributed by atoms with Gasteiger partial charge in [-0.1, -0.05) is 90.4 Å². The van der Waals surface area contributed by atoms with Gasteiger partial charge in [0, 0.05) is 18.7 Å². The maximum atomic E-state index is 9.92. The number of rotatable bonds is 26. The lowest BCUT2D eigenvalue weighted by molar-refractivity contribution is -0.870. The fourth-order valence-electron chi connectivity index (χ4n) is 3.63. The third-order valence-corrected chi connectivity index (χ3v) is 6.67. The highest BCUT2D eigenvalue weighted by atomic mass is 31.2. The summed E-state index contributed by atoms with van der Waals surface area (Å²) in [6, 6.07) is 0. The number of ether oxygens (including phenoxy) is 1. The molecule has 2 atom stereocenters. The molecule has 204 valence electrons. The molecule has 0 aromatic rings. The minimum absolute atomic E-state index is 0.0293. The first kappa shape index (κ1) is 33.7. The molecular weight excluding hydrogens is 451 g/mol. The van der Waals surface area contributed by atoms with E-state index in [9.17, 15) is 4.89 Å². The smallest absolute Gasteiger partial charge is 0.330 e. The maximum Gasteiger partial charge on any atom is 0.330 e. The van der Waals surface area contributed by atoms with E-state index < -0.39 is 8.60 Å². The summed E-state index contributed by atoms with van der Waals surface area (Å²) < 4.78 is 17.4. The highest BCUT2D eigenvalue weighted by Gasteiger charge is 2.15. The average Bonchev–Trinajstić information content (AvgIpc) is 2.79. The third kappa shape index (κ3) is 26.3. The minimum Gasteiger partial charge on any atom is -0.411 e. The second-order valence-corrected chi connectivity index (χ2v) is 11.4. The molecule has 34 heavy (non-hydrogen) atoms. The Morgan fingerprint density at radius 3 is 1.79 bits per heavy atom. The molecule has 7 nitrogen and oxygen atoms in total. The zero-order valence-electron chi connectivity index (χ0n) is 22.8. The highest BCUT2D eigenvalue weighted by molar-refractivity contribution is 7.40. The fraction of sp³-hybridized carbons (Fsp3) is 0.962. The van der Waals surface area contributed by atoms with Gasteiger partial charge in [0.2, 0.25) is 0 Å². The van der Waals surface area contributed by atoms with Gasteiger partial charge in [-0.05, 0) is 12.8 Å². The molecule has 0 saturated carbocycles. The molecular formula is C26H56N2O5P+. The molecule has 0 aliphatic heterocycles. The van der Waals surface area contributed by atoms with Crippen molar-refractivity contribution < 1.29 is 28.4 Å². The molecule has 2 unspecified atom stereocenters. The molecule has 2 N–H and O–H groups in total. The van der Waals surface area contributed by atoms with Crippen LogP contribution in [0.5, 0.6) is 0 Å². The van der Waals surface area contributed by atoms with Crippen molar-refractivity contribution in [3.8, 4) is 0 Å². The lowest BCUT2D eigenvalue weighted by Crippen LogP contribution is -2.37. The van der Waals surface area contributed by atoms with Crippen LogP contribution in [0.4, 0.5) is 0 Å². The Hall–Kier alpha value is -0.300. The van der Waals surface area contributed by atoms with Gasteiger partial charge in [0.25, 0.3) is 0 Å². The SMILES string of the molecule is CCCCCCCCCCCCCCCCOCC(C/C=N/O)COP(O)OCC[N+](C)(C)C. The summed E-state index contributed by atoms with van der Waals surface area (Å²) in [5.74, 6) is 0.0293. The van der Waals surface area contributed by atoms with E-state index in [2.05, 4.69) is 33.2 Å². The van der Waals surface area contributed by atoms with Crippen LogP contribution in [0.25, 0.3) is 0 Å². The Morgan fingerprint density at radius 2 is 1.29 bits per heavy atom. The molecule has 0 heterocycles. The van der Waals surface area contributed by atoms with Crippen LogP contribution in [0.15, 0.2) is 5.16 Å². The highest BCUT2D eigenvalue weighted by Crippen LogP contribution is 2.33. The first-order valence-corrected chi connectivity index (χ1v) is 14.8. The van der Waals surface area contributed by atoms with Crippen LogP contribution in [0.3, 0.4) is 0 Å². The number of quaternary nitrogens is 1. The van der Waals surface area contributed by atoms with Crippen molar-refractivity contribution in [1.29, 1.82) is 0 Å². The van der Waals surface area contributed by atoms with Crippen LogP contribution in [0.2, 0.25) is 0 Å². The fourth-order valence-corrected chi connectivity index (χ4v) is 4.28. The summed E-state index contributed by atoms with van der Waals surface area (Å²) in [6.07, 6.45) is 20.8. The molecule has 0 saturated heterocycles. The van der Waals surface area contributed by atoms with Crippen molar-refractivity contribution >= 4 is 14.8 Å². The molecule has 8 heteroatoms. The predicted octanol–water partition coefficient (Wildman–Crippen LogP) is 6.91. The Balaban J connectivity index is 3.62. The van der Waals surface area contributed by atoms with Gasteiger partial charge in [0.1, 0.15) is 13.2 Å². The second kappa shape index (κ2) is 24.4. The van der Waals surface area contributed by atoms with Crippen LogP contribution in [0.1, 0.15) is 103 Å². The molecule has 0 amide bonds. The summed E-state index contributed by atoms with van der Waals surface area (Å²) in [6.45, 7) is 5.09. The van der Waals surface area contributed by atoms with Crippen molar-refractivity contribution in [1.82, 2.24) is 0 Å². The number of hydrogen-bond donors (Lipinski definition) is 2. The van der Waals surface area contributed by atoms with Gasteiger partial charge in [-0.25, -0.2) is 0 Å². The van der Waals surface area contributed by atoms with Crippen molar-refractivity contribution in [2.75, 3.05) is 54.1 Å². The van der Waals surface area contributed by atoms with E-state index in [0.717, 1.165) is 24.1 Å². The average molecular weight is 508 g/mol. The van der Waals surface area contributed by atoms with Crippen molar-refractivity contribution in [3.05, 3.63) is 0 Å². The quantitative estimate of drug-likeness (QED) is 0.0332. The molecule has 0 aromatic heterocycles. The van der Waals surface area contributed by atoms with Gasteiger partial charge < -0.3 is 28.4 Å². The molecule has 0 aliphatic rings. The Morgan fingerprint density at radius 1 is 0.765 bits per heavy atom. The van der Waals surface area contributed by atoms with Crippen LogP contribution in [-0.4, -0.2) is 74.9 Å². The predicted molar refractivity (Wildman–Crippen MR) is 143 cm³/mol. The zero-order chi connectivity index (χ0) is 25.3. The number of nitrogens with zero attached hydrogens (tertiary/aromatic N) is 2. The normalized spacial score (nSPS) is 14.1. The van der Waals surface area contributed by atoms with E-state index in [1.165, 1.54) is 89.7 Å². The topological polar surface area (TPSA) is 80.5 Å². The molecule has 0 radical (unpaired) electrons. The van der Waals surface area contributed by atoms with Gasteiger partial charge in [0.15, 0.2) is 0 Å². The number of hydrogen-bond acceptors (Lipinski definition) is 6. The molecule has 0 aromatic carbocycles. The van der Waals surface area contributed by atoms with Crippen LogP contribution >= 0.6 is 8.60 Å². The largest absolute Gasteiger partial charge is 0.411 e. The summed E-state index contributed by atoms with van der Waals surface area (Å²) in [5.41, 5.74) is 0. The van der Waals surface area contributed by atoms with Crippen molar-refractivity contribution in [2.45, 2.75) is 103 Å². The van der Waals surface area contributed by atoms with Crippen LogP contribution in [0, 0.1) is 5.92 Å². The summed E-state index contributed by atoms with van der Waals surface area (Å²) in [7, 11) is 4.33. The van der Waals surface area contributed by atoms with E-state index in [4.69, 9.17) is 19.0 Å². The van der Waals surface area contributed by atoms with Crippen LogP contribution in [-0.2, 0) is 13.8 Å². The van der Waals surface area contributed by atoms with Gasteiger partial charge in [-0.2, -0.15) is 0 Å². The molecule has 0 bridgehead atoms. The summed E-state index contributed by atoms with van der Waals surface area (Å²) >= 11 is 0. The van der Waals surface area contributed by atoms with Gasteiger partial charge >= 0.3 is 8.60 Å². The first-order chi connectivity index (χ1) is 16.4. The van der Waals surface area contributed by atoms with Gasteiger partial charge in [0.05, 0.1) is 34.4 Å². The van der Waals surface area contributed by atoms with Crippen molar-refractivity contribution in [2.24, 2.45) is 11.1 Å². The molecule has 0 fully saturated rings. The van der Waals surface area contributed by atoms with Gasteiger partial charge in [-0.15, -0.1) is 5.16 Å². The number of unbranched alkanes of at least 4 members (excludes halogenated alkanes) is 13. The third-order valence-electron chi connectivity index (χ3n) is 5.90. The van der Waals surface area contributed by atoms with E-state index in [-0.39, 0.29) is 5.92 Å². The summed E-state index contributed by atoms with van der Waals surface area (Å²) in [5, 5.41) is 11.8.